The first-order valence-electron chi connectivity index (χ1n) is 13.1. The molecule has 0 bridgehead atoms. The van der Waals surface area contributed by atoms with Crippen LogP contribution in [0.1, 0.15) is 43.3 Å². The summed E-state index contributed by atoms with van der Waals surface area (Å²) in [6.45, 7) is 3.70. The summed E-state index contributed by atoms with van der Waals surface area (Å²) in [6, 6.07) is -1.17. The second kappa shape index (κ2) is 12.6. The van der Waals surface area contributed by atoms with E-state index >= 15 is 4.39 Å². The van der Waals surface area contributed by atoms with Gasteiger partial charge >= 0.3 is 17.3 Å². The van der Waals surface area contributed by atoms with Crippen LogP contribution in [0.4, 0.5) is 4.39 Å². The molecule has 4 heterocycles. The zero-order valence-corrected chi connectivity index (χ0v) is 24.2. The highest BCUT2D eigenvalue weighted by molar-refractivity contribution is 7.57. The number of aryl methyl sites for hydroxylation is 2. The van der Waals surface area contributed by atoms with Crippen molar-refractivity contribution in [3.8, 4) is 0 Å². The van der Waals surface area contributed by atoms with Crippen molar-refractivity contribution in [2.75, 3.05) is 19.9 Å². The second-order valence-electron chi connectivity index (χ2n) is 10.3. The molecule has 2 aromatic rings. The van der Waals surface area contributed by atoms with Gasteiger partial charge in [-0.3, -0.25) is 38.1 Å². The summed E-state index contributed by atoms with van der Waals surface area (Å²) in [4.78, 5) is 64.7. The molecule has 2 fully saturated rings. The summed E-state index contributed by atoms with van der Waals surface area (Å²) in [5.41, 5.74) is -2.35. The van der Waals surface area contributed by atoms with Crippen LogP contribution < -0.4 is 27.6 Å². The van der Waals surface area contributed by atoms with E-state index in [1.54, 1.807) is 0 Å². The van der Waals surface area contributed by atoms with E-state index in [1.165, 1.54) is 33.2 Å². The number of alkyl halides is 1. The van der Waals surface area contributed by atoms with E-state index in [0.29, 0.717) is 0 Å². The van der Waals surface area contributed by atoms with E-state index < -0.39 is 91.7 Å². The van der Waals surface area contributed by atoms with Crippen molar-refractivity contribution in [3.63, 3.8) is 0 Å². The molecule has 42 heavy (non-hydrogen) atoms. The molecular weight excluding hydrogens is 584 g/mol. The molecule has 0 spiro atoms. The highest BCUT2D eigenvalue weighted by Gasteiger charge is 2.46. The standard InChI is InChI=1S/C24H33FN5O11P/c1-11-7-29(23(35)26-20(11)32)18-5-14(25)17(40-18)10-42(37,28-13(3)22(34)38-4)41-15-6-19(39-16(15)9-31)30-8-12(2)21(33)27-24(30)36/h7-8,13-19,31H,5-6,9-10H2,1-4H3,(H,28,37)(H,26,32,35)(H,27,33,36)/t13-,14+,15+,16-,17-,18-,19-,42?/m1/s1. The number of rotatable bonds is 10. The SMILES string of the molecule is COC(=O)[C@@H](C)NP(=O)(C[C@H]1O[C@@H](n2cc(C)c(=O)[nH]c2=O)C[C@@H]1F)O[C@H]1C[C@H](n2cc(C)c(=O)[nH]c2=O)O[C@@H]1CO. The third-order valence-corrected chi connectivity index (χ3v) is 9.34. The number of halogens is 1. The Morgan fingerprint density at radius 3 is 2.12 bits per heavy atom. The zero-order valence-electron chi connectivity index (χ0n) is 23.3. The Morgan fingerprint density at radius 2 is 1.60 bits per heavy atom. The van der Waals surface area contributed by atoms with Crippen molar-refractivity contribution < 1.29 is 37.6 Å². The van der Waals surface area contributed by atoms with Crippen LogP contribution in [0.15, 0.2) is 31.6 Å². The molecular formula is C24H33FN5O11P. The molecule has 4 N–H and O–H groups in total. The van der Waals surface area contributed by atoms with Gasteiger partial charge in [0.25, 0.3) is 18.6 Å². The first-order valence-corrected chi connectivity index (χ1v) is 14.9. The lowest BCUT2D eigenvalue weighted by molar-refractivity contribution is -0.142. The molecule has 16 nitrogen and oxygen atoms in total. The Bertz CT molecular complexity index is 1600. The lowest BCUT2D eigenvalue weighted by atomic mass is 10.2. The lowest BCUT2D eigenvalue weighted by Gasteiger charge is -2.29. The van der Waals surface area contributed by atoms with Crippen LogP contribution in [-0.2, 0) is 28.1 Å². The van der Waals surface area contributed by atoms with Crippen LogP contribution in [0.5, 0.6) is 0 Å². The van der Waals surface area contributed by atoms with Gasteiger partial charge in [-0.25, -0.2) is 19.1 Å². The molecule has 0 saturated carbocycles. The molecule has 232 valence electrons. The number of esters is 1. The van der Waals surface area contributed by atoms with E-state index in [1.807, 2.05) is 0 Å². The summed E-state index contributed by atoms with van der Waals surface area (Å²) in [5, 5.41) is 12.5. The number of nitrogens with zero attached hydrogens (tertiary/aromatic N) is 2. The van der Waals surface area contributed by atoms with E-state index in [9.17, 15) is 33.6 Å². The van der Waals surface area contributed by atoms with Crippen LogP contribution in [-0.4, -0.2) is 80.6 Å². The fourth-order valence-electron chi connectivity index (χ4n) is 4.88. The molecule has 2 aliphatic heterocycles. The highest BCUT2D eigenvalue weighted by atomic mass is 31.2. The Morgan fingerprint density at radius 1 is 1.07 bits per heavy atom. The van der Waals surface area contributed by atoms with Crippen LogP contribution in [0.2, 0.25) is 0 Å². The predicted molar refractivity (Wildman–Crippen MR) is 143 cm³/mol. The molecule has 8 atom stereocenters. The number of aliphatic hydroxyl groups is 1. The van der Waals surface area contributed by atoms with Crippen molar-refractivity contribution in [1.82, 2.24) is 24.2 Å². The fraction of sp³-hybridized carbons (Fsp3) is 0.625. The van der Waals surface area contributed by atoms with Crippen molar-refractivity contribution in [3.05, 3.63) is 65.2 Å². The first kappa shape index (κ1) is 31.7. The topological polar surface area (TPSA) is 213 Å². The Kier molecular flexibility index (Phi) is 9.49. The number of aliphatic hydroxyl groups excluding tert-OH is 1. The number of nitrogens with one attached hydrogen (secondary N) is 3. The van der Waals surface area contributed by atoms with E-state index in [-0.39, 0.29) is 24.0 Å². The minimum atomic E-state index is -4.22. The average Bonchev–Trinajstić information content (AvgIpc) is 3.49. The third kappa shape index (κ3) is 6.71. The normalized spacial score (nSPS) is 28.0. The first-order chi connectivity index (χ1) is 19.7. The summed E-state index contributed by atoms with van der Waals surface area (Å²) in [6.07, 6.45) is -5.91. The zero-order chi connectivity index (χ0) is 30.9. The van der Waals surface area contributed by atoms with Crippen molar-refractivity contribution in [2.45, 2.75) is 76.6 Å². The van der Waals surface area contributed by atoms with Gasteiger partial charge in [0.2, 0.25) is 0 Å². The summed E-state index contributed by atoms with van der Waals surface area (Å²) < 4.78 is 53.7. The van der Waals surface area contributed by atoms with Gasteiger partial charge in [0.05, 0.1) is 26.0 Å². The van der Waals surface area contributed by atoms with Crippen LogP contribution in [0, 0.1) is 13.8 Å². The monoisotopic (exact) mass is 617 g/mol. The molecule has 2 aliphatic rings. The molecule has 0 aromatic carbocycles. The van der Waals surface area contributed by atoms with Crippen molar-refractivity contribution in [1.29, 1.82) is 0 Å². The number of hydrogen-bond acceptors (Lipinski definition) is 11. The van der Waals surface area contributed by atoms with E-state index in [0.717, 1.165) is 16.2 Å². The Labute approximate surface area is 237 Å². The van der Waals surface area contributed by atoms with Gasteiger partial charge in [-0.2, -0.15) is 0 Å². The Balaban J connectivity index is 1.59. The van der Waals surface area contributed by atoms with Crippen molar-refractivity contribution in [2.24, 2.45) is 0 Å². The van der Waals surface area contributed by atoms with E-state index in [4.69, 9.17) is 18.7 Å². The molecule has 2 aromatic heterocycles. The molecule has 0 aliphatic carbocycles. The van der Waals surface area contributed by atoms with Gasteiger partial charge in [0.15, 0.2) is 0 Å². The van der Waals surface area contributed by atoms with Crippen molar-refractivity contribution >= 4 is 13.5 Å². The summed E-state index contributed by atoms with van der Waals surface area (Å²) >= 11 is 0. The molecule has 0 radical (unpaired) electrons. The second-order valence-corrected chi connectivity index (χ2v) is 12.4. The highest BCUT2D eigenvalue weighted by Crippen LogP contribution is 2.51. The maximum Gasteiger partial charge on any atom is 0.330 e. The van der Waals surface area contributed by atoms with Crippen LogP contribution >= 0.6 is 7.52 Å². The molecule has 18 heteroatoms. The molecule has 1 unspecified atom stereocenters. The number of aromatic nitrogens is 4. The minimum Gasteiger partial charge on any atom is -0.468 e. The number of ether oxygens (including phenoxy) is 3. The molecule has 2 saturated heterocycles. The number of methoxy groups -OCH3 is 1. The van der Waals surface area contributed by atoms with Gasteiger partial charge in [-0.15, -0.1) is 0 Å². The number of aromatic amines is 2. The molecule has 4 rings (SSSR count). The fourth-order valence-corrected chi connectivity index (χ4v) is 7.27. The van der Waals surface area contributed by atoms with Gasteiger partial charge < -0.3 is 23.8 Å². The van der Waals surface area contributed by atoms with Crippen LogP contribution in [0.3, 0.4) is 0 Å². The van der Waals surface area contributed by atoms with Crippen LogP contribution in [0.25, 0.3) is 0 Å². The maximum atomic E-state index is 15.2. The minimum absolute atomic E-state index is 0.103. The summed E-state index contributed by atoms with van der Waals surface area (Å²) in [5.74, 6) is -0.786. The third-order valence-electron chi connectivity index (χ3n) is 7.11. The predicted octanol–water partition coefficient (Wildman–Crippen LogP) is -0.662. The lowest BCUT2D eigenvalue weighted by Crippen LogP contribution is -2.39. The number of H-pyrrole nitrogens is 2. The number of hydrogen-bond donors (Lipinski definition) is 4. The average molecular weight is 618 g/mol. The largest absolute Gasteiger partial charge is 0.468 e. The Hall–Kier alpha value is -3.21. The quantitative estimate of drug-likeness (QED) is 0.193. The van der Waals surface area contributed by atoms with Gasteiger partial charge in [0, 0.05) is 36.4 Å². The van der Waals surface area contributed by atoms with Gasteiger partial charge in [-0.05, 0) is 20.8 Å². The van der Waals surface area contributed by atoms with E-state index in [2.05, 4.69) is 15.1 Å². The summed E-state index contributed by atoms with van der Waals surface area (Å²) in [7, 11) is -3.10. The van der Waals surface area contributed by atoms with Gasteiger partial charge in [0.1, 0.15) is 36.9 Å². The number of carbonyl (C=O) groups excluding carboxylic acids is 1. The number of carbonyl (C=O) groups is 1. The maximum absolute atomic E-state index is 15.2. The smallest absolute Gasteiger partial charge is 0.330 e. The van der Waals surface area contributed by atoms with Gasteiger partial charge in [-0.1, -0.05) is 0 Å². The molecule has 0 amide bonds.